The van der Waals surface area contributed by atoms with E-state index >= 15 is 0 Å². The Morgan fingerprint density at radius 2 is 2.00 bits per heavy atom. The summed E-state index contributed by atoms with van der Waals surface area (Å²) in [5.74, 6) is 1.90. The summed E-state index contributed by atoms with van der Waals surface area (Å²) >= 11 is 0. The number of rotatable bonds is 8. The number of halogens is 1. The third kappa shape index (κ3) is 8.04. The van der Waals surface area contributed by atoms with Crippen molar-refractivity contribution in [3.8, 4) is 0 Å². The maximum absolute atomic E-state index is 4.28. The van der Waals surface area contributed by atoms with Crippen molar-refractivity contribution in [2.24, 2.45) is 10.9 Å². The van der Waals surface area contributed by atoms with E-state index < -0.39 is 0 Å². The summed E-state index contributed by atoms with van der Waals surface area (Å²) in [5.41, 5.74) is 1.20. The minimum absolute atomic E-state index is 0. The summed E-state index contributed by atoms with van der Waals surface area (Å²) in [6.45, 7) is 4.76. The fourth-order valence-electron chi connectivity index (χ4n) is 3.16. The van der Waals surface area contributed by atoms with Crippen LogP contribution in [0.1, 0.15) is 50.5 Å². The first kappa shape index (κ1) is 20.3. The molecule has 2 N–H and O–H groups in total. The first-order chi connectivity index (χ1) is 10.8. The molecule has 1 aromatic heterocycles. The average Bonchev–Trinajstić information content (AvgIpc) is 3.17. The van der Waals surface area contributed by atoms with Gasteiger partial charge in [-0.3, -0.25) is 9.67 Å². The fraction of sp³-hybridized carbons (Fsp3) is 0.765. The average molecular weight is 433 g/mol. The zero-order valence-corrected chi connectivity index (χ0v) is 16.9. The highest BCUT2D eigenvalue weighted by atomic mass is 127. The lowest BCUT2D eigenvalue weighted by Crippen LogP contribution is -2.39. The van der Waals surface area contributed by atoms with Crippen molar-refractivity contribution in [1.29, 1.82) is 0 Å². The van der Waals surface area contributed by atoms with Crippen LogP contribution in [0.4, 0.5) is 0 Å². The molecule has 0 bridgehead atoms. The number of unbranched alkanes of at least 4 members (excludes halogenated alkanes) is 1. The second-order valence-electron chi connectivity index (χ2n) is 6.35. The first-order valence-electron chi connectivity index (χ1n) is 8.71. The minimum atomic E-state index is 0. The summed E-state index contributed by atoms with van der Waals surface area (Å²) < 4.78 is 1.96. The SMILES string of the molecule is CN=C(NCCCCC1CCCC1)NCCn1cc(C)cn1.I. The molecule has 2 rings (SSSR count). The van der Waals surface area contributed by atoms with Gasteiger partial charge in [0.2, 0.25) is 0 Å². The zero-order valence-electron chi connectivity index (χ0n) is 14.6. The summed E-state index contributed by atoms with van der Waals surface area (Å²) in [6.07, 6.45) is 13.7. The molecular weight excluding hydrogens is 401 g/mol. The predicted octanol–water partition coefficient (Wildman–Crippen LogP) is 3.34. The van der Waals surface area contributed by atoms with Crippen LogP contribution in [-0.4, -0.2) is 35.9 Å². The van der Waals surface area contributed by atoms with Gasteiger partial charge in [0.15, 0.2) is 5.96 Å². The Kier molecular flexibility index (Phi) is 10.3. The highest BCUT2D eigenvalue weighted by molar-refractivity contribution is 14.0. The minimum Gasteiger partial charge on any atom is -0.356 e. The first-order valence-corrected chi connectivity index (χ1v) is 8.71. The van der Waals surface area contributed by atoms with Gasteiger partial charge in [0.1, 0.15) is 0 Å². The van der Waals surface area contributed by atoms with Crippen molar-refractivity contribution < 1.29 is 0 Å². The van der Waals surface area contributed by atoms with E-state index in [0.717, 1.165) is 31.5 Å². The Morgan fingerprint density at radius 3 is 2.65 bits per heavy atom. The molecule has 0 amide bonds. The van der Waals surface area contributed by atoms with Crippen LogP contribution in [0.3, 0.4) is 0 Å². The number of guanidine groups is 1. The molecule has 1 aliphatic carbocycles. The van der Waals surface area contributed by atoms with Crippen molar-refractivity contribution in [3.05, 3.63) is 18.0 Å². The van der Waals surface area contributed by atoms with E-state index in [0.29, 0.717) is 0 Å². The van der Waals surface area contributed by atoms with E-state index in [1.165, 1.54) is 50.5 Å². The smallest absolute Gasteiger partial charge is 0.191 e. The monoisotopic (exact) mass is 433 g/mol. The van der Waals surface area contributed by atoms with Crippen LogP contribution in [-0.2, 0) is 6.54 Å². The van der Waals surface area contributed by atoms with E-state index in [1.807, 2.05) is 17.9 Å². The van der Waals surface area contributed by atoms with Crippen molar-refractivity contribution in [2.75, 3.05) is 20.1 Å². The Morgan fingerprint density at radius 1 is 1.26 bits per heavy atom. The molecule has 0 aromatic carbocycles. The van der Waals surface area contributed by atoms with E-state index in [2.05, 4.69) is 33.8 Å². The highest BCUT2D eigenvalue weighted by Crippen LogP contribution is 2.28. The summed E-state index contributed by atoms with van der Waals surface area (Å²) in [5, 5.41) is 11.0. The van der Waals surface area contributed by atoms with Gasteiger partial charge in [-0.25, -0.2) is 0 Å². The number of hydrogen-bond donors (Lipinski definition) is 2. The quantitative estimate of drug-likeness (QED) is 0.286. The molecule has 0 atom stereocenters. The summed E-state index contributed by atoms with van der Waals surface area (Å²) in [4.78, 5) is 4.26. The molecular formula is C17H32IN5. The molecule has 132 valence electrons. The third-order valence-electron chi connectivity index (χ3n) is 4.43. The second kappa shape index (κ2) is 11.7. The molecule has 0 unspecified atom stereocenters. The fourth-order valence-corrected chi connectivity index (χ4v) is 3.16. The lowest BCUT2D eigenvalue weighted by atomic mass is 10.0. The van der Waals surface area contributed by atoms with Crippen LogP contribution in [0, 0.1) is 12.8 Å². The van der Waals surface area contributed by atoms with Gasteiger partial charge in [0.25, 0.3) is 0 Å². The molecule has 1 heterocycles. The Labute approximate surface area is 157 Å². The summed E-state index contributed by atoms with van der Waals surface area (Å²) in [7, 11) is 1.83. The van der Waals surface area contributed by atoms with Crippen molar-refractivity contribution in [2.45, 2.75) is 58.4 Å². The van der Waals surface area contributed by atoms with Crippen LogP contribution in [0.15, 0.2) is 17.4 Å². The normalized spacial score (nSPS) is 15.5. The van der Waals surface area contributed by atoms with Gasteiger partial charge in [-0.1, -0.05) is 38.5 Å². The standard InChI is InChI=1S/C17H31N5.HI/c1-15-13-21-22(14-15)12-11-20-17(18-2)19-10-6-5-9-16-7-3-4-8-16;/h13-14,16H,3-12H2,1-2H3,(H2,18,19,20);1H. The van der Waals surface area contributed by atoms with Crippen LogP contribution < -0.4 is 10.6 Å². The molecule has 1 saturated carbocycles. The number of aryl methyl sites for hydroxylation is 1. The number of nitrogens with one attached hydrogen (secondary N) is 2. The largest absolute Gasteiger partial charge is 0.356 e. The number of aliphatic imine (C=N–C) groups is 1. The van der Waals surface area contributed by atoms with Gasteiger partial charge >= 0.3 is 0 Å². The van der Waals surface area contributed by atoms with Crippen LogP contribution in [0.2, 0.25) is 0 Å². The van der Waals surface area contributed by atoms with Gasteiger partial charge in [-0.15, -0.1) is 24.0 Å². The molecule has 0 aliphatic heterocycles. The van der Waals surface area contributed by atoms with E-state index in [1.54, 1.807) is 0 Å². The zero-order chi connectivity index (χ0) is 15.6. The molecule has 0 saturated heterocycles. The number of aromatic nitrogens is 2. The molecule has 6 heteroatoms. The number of nitrogens with zero attached hydrogens (tertiary/aromatic N) is 3. The van der Waals surface area contributed by atoms with Crippen LogP contribution >= 0.6 is 24.0 Å². The topological polar surface area (TPSA) is 54.2 Å². The van der Waals surface area contributed by atoms with E-state index in [-0.39, 0.29) is 24.0 Å². The molecule has 0 radical (unpaired) electrons. The maximum Gasteiger partial charge on any atom is 0.191 e. The molecule has 23 heavy (non-hydrogen) atoms. The Hall–Kier alpha value is -0.790. The van der Waals surface area contributed by atoms with Gasteiger partial charge in [0.05, 0.1) is 12.7 Å². The van der Waals surface area contributed by atoms with E-state index in [9.17, 15) is 0 Å². The highest BCUT2D eigenvalue weighted by Gasteiger charge is 2.13. The van der Waals surface area contributed by atoms with Crippen molar-refractivity contribution >= 4 is 29.9 Å². The molecule has 1 fully saturated rings. The van der Waals surface area contributed by atoms with Crippen LogP contribution in [0.25, 0.3) is 0 Å². The van der Waals surface area contributed by atoms with Gasteiger partial charge in [-0.2, -0.15) is 5.10 Å². The van der Waals surface area contributed by atoms with Crippen molar-refractivity contribution in [1.82, 2.24) is 20.4 Å². The molecule has 1 aliphatic rings. The number of hydrogen-bond acceptors (Lipinski definition) is 2. The van der Waals surface area contributed by atoms with E-state index in [4.69, 9.17) is 0 Å². The van der Waals surface area contributed by atoms with Gasteiger partial charge in [-0.05, 0) is 24.8 Å². The lowest BCUT2D eigenvalue weighted by Gasteiger charge is -2.12. The Bertz CT molecular complexity index is 452. The van der Waals surface area contributed by atoms with Crippen LogP contribution in [0.5, 0.6) is 0 Å². The summed E-state index contributed by atoms with van der Waals surface area (Å²) in [6, 6.07) is 0. The van der Waals surface area contributed by atoms with Gasteiger partial charge in [0, 0.05) is 26.3 Å². The Balaban J connectivity index is 0.00000264. The molecule has 5 nitrogen and oxygen atoms in total. The van der Waals surface area contributed by atoms with Gasteiger partial charge < -0.3 is 10.6 Å². The maximum atomic E-state index is 4.28. The predicted molar refractivity (Wildman–Crippen MR) is 108 cm³/mol. The third-order valence-corrected chi connectivity index (χ3v) is 4.43. The lowest BCUT2D eigenvalue weighted by molar-refractivity contribution is 0.472. The molecule has 0 spiro atoms. The second-order valence-corrected chi connectivity index (χ2v) is 6.35. The van der Waals surface area contributed by atoms with Crippen molar-refractivity contribution in [3.63, 3.8) is 0 Å². The molecule has 1 aromatic rings.